The van der Waals surface area contributed by atoms with Gasteiger partial charge in [-0.3, -0.25) is 18.8 Å². The van der Waals surface area contributed by atoms with Crippen molar-refractivity contribution in [1.82, 2.24) is 14.7 Å². The standard InChI is InChI=1S/C12H13N3O5S/c1-20-7(4-9(16)17)5-13-10(18)8-6-14-12-15(11(8)19)2-3-21-12/h2-3,6-7H,4-5H2,1H3,(H,13,18)(H,16,17). The third kappa shape index (κ3) is 3.44. The summed E-state index contributed by atoms with van der Waals surface area (Å²) in [6.07, 6.45) is 1.85. The molecule has 0 bridgehead atoms. The lowest BCUT2D eigenvalue weighted by atomic mass is 10.2. The highest BCUT2D eigenvalue weighted by atomic mass is 32.1. The molecular weight excluding hydrogens is 298 g/mol. The number of thiazole rings is 1. The number of hydrogen-bond acceptors (Lipinski definition) is 6. The zero-order chi connectivity index (χ0) is 15.4. The van der Waals surface area contributed by atoms with Gasteiger partial charge in [0.2, 0.25) is 0 Å². The van der Waals surface area contributed by atoms with Crippen molar-refractivity contribution in [3.8, 4) is 0 Å². The first-order valence-corrected chi connectivity index (χ1v) is 6.88. The van der Waals surface area contributed by atoms with E-state index in [4.69, 9.17) is 9.84 Å². The molecule has 0 fully saturated rings. The molecule has 1 unspecified atom stereocenters. The van der Waals surface area contributed by atoms with Crippen LogP contribution in [0, 0.1) is 0 Å². The van der Waals surface area contributed by atoms with Gasteiger partial charge in [-0.1, -0.05) is 0 Å². The summed E-state index contributed by atoms with van der Waals surface area (Å²) in [6.45, 7) is -0.00653. The number of methoxy groups -OCH3 is 1. The lowest BCUT2D eigenvalue weighted by Crippen LogP contribution is -2.37. The number of aliphatic carboxylic acids is 1. The lowest BCUT2D eigenvalue weighted by molar-refractivity contribution is -0.139. The van der Waals surface area contributed by atoms with Crippen LogP contribution in [0.5, 0.6) is 0 Å². The summed E-state index contributed by atoms with van der Waals surface area (Å²) in [7, 11) is 1.35. The van der Waals surface area contributed by atoms with Gasteiger partial charge in [0.15, 0.2) is 4.96 Å². The van der Waals surface area contributed by atoms with Crippen LogP contribution in [0.25, 0.3) is 4.96 Å². The number of ether oxygens (including phenoxy) is 1. The van der Waals surface area contributed by atoms with E-state index in [-0.39, 0.29) is 18.5 Å². The molecule has 9 heteroatoms. The van der Waals surface area contributed by atoms with Gasteiger partial charge in [-0.15, -0.1) is 11.3 Å². The van der Waals surface area contributed by atoms with Gasteiger partial charge in [-0.25, -0.2) is 4.98 Å². The Hall–Kier alpha value is -2.26. The highest BCUT2D eigenvalue weighted by Gasteiger charge is 2.17. The van der Waals surface area contributed by atoms with Crippen LogP contribution in [-0.4, -0.2) is 46.1 Å². The van der Waals surface area contributed by atoms with E-state index >= 15 is 0 Å². The van der Waals surface area contributed by atoms with E-state index in [0.29, 0.717) is 4.96 Å². The van der Waals surface area contributed by atoms with Gasteiger partial charge in [0.1, 0.15) is 5.56 Å². The third-order valence-electron chi connectivity index (χ3n) is 2.81. The van der Waals surface area contributed by atoms with Gasteiger partial charge in [0.05, 0.1) is 12.5 Å². The topological polar surface area (TPSA) is 110 Å². The van der Waals surface area contributed by atoms with Crippen LogP contribution in [0.3, 0.4) is 0 Å². The molecule has 2 aromatic heterocycles. The fourth-order valence-corrected chi connectivity index (χ4v) is 2.39. The highest BCUT2D eigenvalue weighted by Crippen LogP contribution is 2.05. The van der Waals surface area contributed by atoms with Crippen molar-refractivity contribution in [2.45, 2.75) is 12.5 Å². The van der Waals surface area contributed by atoms with Crippen molar-refractivity contribution in [1.29, 1.82) is 0 Å². The van der Waals surface area contributed by atoms with Crippen molar-refractivity contribution in [2.24, 2.45) is 0 Å². The molecular formula is C12H13N3O5S. The second kappa shape index (κ2) is 6.46. The largest absolute Gasteiger partial charge is 0.481 e. The molecule has 0 aliphatic heterocycles. The van der Waals surface area contributed by atoms with Crippen LogP contribution < -0.4 is 10.9 Å². The summed E-state index contributed by atoms with van der Waals surface area (Å²) in [5.41, 5.74) is -0.568. The van der Waals surface area contributed by atoms with Crippen LogP contribution in [0.15, 0.2) is 22.6 Å². The number of amides is 1. The first-order chi connectivity index (χ1) is 10.0. The number of nitrogens with zero attached hydrogens (tertiary/aromatic N) is 2. The van der Waals surface area contributed by atoms with E-state index in [2.05, 4.69) is 10.3 Å². The summed E-state index contributed by atoms with van der Waals surface area (Å²) in [6, 6.07) is 0. The summed E-state index contributed by atoms with van der Waals surface area (Å²) in [5, 5.41) is 12.9. The fourth-order valence-electron chi connectivity index (χ4n) is 1.72. The monoisotopic (exact) mass is 311 g/mol. The molecule has 1 atom stereocenters. The number of nitrogens with one attached hydrogen (secondary N) is 1. The van der Waals surface area contributed by atoms with Crippen LogP contribution in [0.2, 0.25) is 0 Å². The lowest BCUT2D eigenvalue weighted by Gasteiger charge is -2.13. The Morgan fingerprint density at radius 2 is 2.33 bits per heavy atom. The van der Waals surface area contributed by atoms with Gasteiger partial charge in [-0.05, 0) is 0 Å². The Labute approximate surface area is 123 Å². The molecule has 2 heterocycles. The first kappa shape index (κ1) is 15.1. The van der Waals surface area contributed by atoms with Crippen molar-refractivity contribution in [3.05, 3.63) is 33.7 Å². The average Bonchev–Trinajstić information content (AvgIpc) is 2.92. The summed E-state index contributed by atoms with van der Waals surface area (Å²) in [5.74, 6) is -1.64. The first-order valence-electron chi connectivity index (χ1n) is 6.00. The van der Waals surface area contributed by atoms with E-state index in [1.165, 1.54) is 35.2 Å². The number of aromatic nitrogens is 2. The van der Waals surface area contributed by atoms with Crippen molar-refractivity contribution >= 4 is 28.2 Å². The van der Waals surface area contributed by atoms with E-state index in [1.54, 1.807) is 5.38 Å². The number of carboxylic acid groups (broad SMARTS) is 1. The number of fused-ring (bicyclic) bond motifs is 1. The minimum Gasteiger partial charge on any atom is -0.481 e. The minimum atomic E-state index is -1.03. The van der Waals surface area contributed by atoms with Crippen molar-refractivity contribution < 1.29 is 19.4 Å². The molecule has 112 valence electrons. The molecule has 0 aliphatic carbocycles. The zero-order valence-corrected chi connectivity index (χ0v) is 11.9. The average molecular weight is 311 g/mol. The predicted octanol–water partition coefficient (Wildman–Crippen LogP) is -0.0245. The Bertz CT molecular complexity index is 723. The normalized spacial score (nSPS) is 12.2. The fraction of sp³-hybridized carbons (Fsp3) is 0.333. The molecule has 2 rings (SSSR count). The molecule has 0 saturated heterocycles. The van der Waals surface area contributed by atoms with Gasteiger partial charge >= 0.3 is 5.97 Å². The zero-order valence-electron chi connectivity index (χ0n) is 11.1. The maximum Gasteiger partial charge on any atom is 0.306 e. The Morgan fingerprint density at radius 1 is 1.57 bits per heavy atom. The second-order valence-corrected chi connectivity index (χ2v) is 5.07. The van der Waals surface area contributed by atoms with Crippen molar-refractivity contribution in [2.75, 3.05) is 13.7 Å². The van der Waals surface area contributed by atoms with Crippen LogP contribution in [0.1, 0.15) is 16.8 Å². The Kier molecular flexibility index (Phi) is 4.66. The molecule has 8 nitrogen and oxygen atoms in total. The number of rotatable bonds is 6. The quantitative estimate of drug-likeness (QED) is 0.775. The summed E-state index contributed by atoms with van der Waals surface area (Å²) >= 11 is 1.29. The number of carboxylic acids is 1. The van der Waals surface area contributed by atoms with Gasteiger partial charge in [0, 0.05) is 31.4 Å². The molecule has 1 amide bonds. The molecule has 0 spiro atoms. The van der Waals surface area contributed by atoms with Crippen LogP contribution in [-0.2, 0) is 9.53 Å². The van der Waals surface area contributed by atoms with E-state index in [0.717, 1.165) is 0 Å². The summed E-state index contributed by atoms with van der Waals surface area (Å²) < 4.78 is 6.23. The number of carbonyl (C=O) groups is 2. The Balaban J connectivity index is 2.10. The molecule has 0 aromatic carbocycles. The molecule has 2 N–H and O–H groups in total. The minimum absolute atomic E-state index is 0.00653. The SMILES string of the molecule is COC(CNC(=O)c1cnc2sccn2c1=O)CC(=O)O. The van der Waals surface area contributed by atoms with E-state index in [1.807, 2.05) is 0 Å². The molecule has 0 radical (unpaired) electrons. The van der Waals surface area contributed by atoms with E-state index in [9.17, 15) is 14.4 Å². The second-order valence-electron chi connectivity index (χ2n) is 4.20. The molecule has 0 saturated carbocycles. The maximum atomic E-state index is 12.1. The summed E-state index contributed by atoms with van der Waals surface area (Å²) in [4.78, 5) is 39.2. The maximum absolute atomic E-state index is 12.1. The smallest absolute Gasteiger partial charge is 0.306 e. The van der Waals surface area contributed by atoms with Gasteiger partial charge in [-0.2, -0.15) is 0 Å². The highest BCUT2D eigenvalue weighted by molar-refractivity contribution is 7.15. The Morgan fingerprint density at radius 3 is 3.00 bits per heavy atom. The van der Waals surface area contributed by atoms with Crippen molar-refractivity contribution in [3.63, 3.8) is 0 Å². The molecule has 2 aromatic rings. The van der Waals surface area contributed by atoms with Gasteiger partial charge < -0.3 is 15.2 Å². The molecule has 21 heavy (non-hydrogen) atoms. The number of carbonyl (C=O) groups excluding carboxylic acids is 1. The molecule has 0 aliphatic rings. The predicted molar refractivity (Wildman–Crippen MR) is 74.7 cm³/mol. The number of hydrogen-bond donors (Lipinski definition) is 2. The van der Waals surface area contributed by atoms with Crippen LogP contribution in [0.4, 0.5) is 0 Å². The van der Waals surface area contributed by atoms with Gasteiger partial charge in [0.25, 0.3) is 11.5 Å². The van der Waals surface area contributed by atoms with Crippen LogP contribution >= 0.6 is 11.3 Å². The van der Waals surface area contributed by atoms with E-state index < -0.39 is 23.5 Å². The third-order valence-corrected chi connectivity index (χ3v) is 3.58.